The number of hydrogen-bond acceptors (Lipinski definition) is 7. The van der Waals surface area contributed by atoms with Gasteiger partial charge in [-0.1, -0.05) is 55.0 Å². The average Bonchev–Trinajstić information content (AvgIpc) is 3.31. The number of fused-ring (bicyclic) bond motifs is 2. The number of carbonyl (C=O) groups is 3. The Kier molecular flexibility index (Phi) is 8.08. The van der Waals surface area contributed by atoms with Gasteiger partial charge in [0, 0.05) is 22.9 Å². The molecule has 212 valence electrons. The zero-order valence-corrected chi connectivity index (χ0v) is 24.4. The highest BCUT2D eigenvalue weighted by Gasteiger charge is 2.30. The number of carbonyl (C=O) groups excluding carboxylic acids is 3. The first-order chi connectivity index (χ1) is 19.7. The number of thiophene rings is 1. The van der Waals surface area contributed by atoms with Crippen molar-refractivity contribution in [1.29, 1.82) is 0 Å². The van der Waals surface area contributed by atoms with E-state index in [0.717, 1.165) is 40.8 Å². The quantitative estimate of drug-likeness (QED) is 0.286. The highest BCUT2D eigenvalue weighted by atomic mass is 32.1. The van der Waals surface area contributed by atoms with E-state index in [4.69, 9.17) is 9.47 Å². The summed E-state index contributed by atoms with van der Waals surface area (Å²) in [5.41, 5.74) is 3.37. The Balaban J connectivity index is 1.44. The van der Waals surface area contributed by atoms with Gasteiger partial charge in [0.25, 0.3) is 11.5 Å². The van der Waals surface area contributed by atoms with E-state index in [1.807, 2.05) is 37.3 Å². The molecular weight excluding hydrogens is 540 g/mol. The van der Waals surface area contributed by atoms with Gasteiger partial charge in [0.1, 0.15) is 10.7 Å². The molecule has 0 bridgehead atoms. The Hall–Kier alpha value is -4.24. The maximum atomic E-state index is 13.5. The van der Waals surface area contributed by atoms with Gasteiger partial charge >= 0.3 is 11.9 Å². The van der Waals surface area contributed by atoms with Crippen molar-refractivity contribution in [3.05, 3.63) is 86.1 Å². The van der Waals surface area contributed by atoms with E-state index in [2.05, 4.69) is 12.2 Å². The molecular formula is C32H32N2O6S. The van der Waals surface area contributed by atoms with Crippen LogP contribution < -0.4 is 10.9 Å². The number of amides is 1. The molecule has 8 nitrogen and oxygen atoms in total. The number of pyridine rings is 1. The first kappa shape index (κ1) is 28.3. The topological polar surface area (TPSA) is 104 Å². The van der Waals surface area contributed by atoms with E-state index in [9.17, 15) is 19.2 Å². The summed E-state index contributed by atoms with van der Waals surface area (Å²) in [7, 11) is 1.52. The number of benzene rings is 2. The number of anilines is 1. The molecule has 2 aromatic heterocycles. The van der Waals surface area contributed by atoms with Crippen LogP contribution in [0.15, 0.2) is 53.3 Å². The van der Waals surface area contributed by atoms with Crippen molar-refractivity contribution >= 4 is 45.0 Å². The van der Waals surface area contributed by atoms with Crippen LogP contribution in [0.4, 0.5) is 5.00 Å². The van der Waals surface area contributed by atoms with E-state index in [1.165, 1.54) is 23.0 Å². The van der Waals surface area contributed by atoms with Gasteiger partial charge in [0.05, 0.1) is 12.2 Å². The van der Waals surface area contributed by atoms with E-state index >= 15 is 0 Å². The normalized spacial score (nSPS) is 14.4. The highest BCUT2D eigenvalue weighted by Crippen LogP contribution is 2.40. The van der Waals surface area contributed by atoms with Crippen LogP contribution in [-0.4, -0.2) is 35.6 Å². The number of rotatable bonds is 7. The van der Waals surface area contributed by atoms with Gasteiger partial charge in [-0.2, -0.15) is 0 Å². The van der Waals surface area contributed by atoms with Crippen molar-refractivity contribution < 1.29 is 23.9 Å². The molecule has 1 unspecified atom stereocenters. The smallest absolute Gasteiger partial charge is 0.356 e. The number of nitrogens with one attached hydrogen (secondary N) is 1. The third-order valence-corrected chi connectivity index (χ3v) is 8.59. The van der Waals surface area contributed by atoms with Crippen LogP contribution in [-0.2, 0) is 34.2 Å². The summed E-state index contributed by atoms with van der Waals surface area (Å²) in [6.07, 6.45) is 2.52. The van der Waals surface area contributed by atoms with Crippen LogP contribution in [0.2, 0.25) is 0 Å². The van der Waals surface area contributed by atoms with Crippen molar-refractivity contribution in [2.45, 2.75) is 40.0 Å². The minimum absolute atomic E-state index is 0.0538. The molecule has 0 saturated heterocycles. The Morgan fingerprint density at radius 1 is 1.02 bits per heavy atom. The number of aryl methyl sites for hydroxylation is 1. The molecule has 1 atom stereocenters. The fourth-order valence-electron chi connectivity index (χ4n) is 5.34. The molecule has 1 aliphatic carbocycles. The maximum Gasteiger partial charge on any atom is 0.356 e. The lowest BCUT2D eigenvalue weighted by molar-refractivity contribution is -0.119. The van der Waals surface area contributed by atoms with Gasteiger partial charge in [-0.25, -0.2) is 9.59 Å². The second kappa shape index (κ2) is 11.7. The second-order valence-corrected chi connectivity index (χ2v) is 11.5. The number of nitrogens with zero attached hydrogens (tertiary/aromatic N) is 1. The first-order valence-corrected chi connectivity index (χ1v) is 14.5. The summed E-state index contributed by atoms with van der Waals surface area (Å²) in [5, 5.41) is 4.27. The molecule has 0 saturated carbocycles. The Morgan fingerprint density at radius 3 is 2.44 bits per heavy atom. The Labute approximate surface area is 241 Å². The molecule has 41 heavy (non-hydrogen) atoms. The minimum atomic E-state index is -0.800. The van der Waals surface area contributed by atoms with E-state index in [1.54, 1.807) is 25.1 Å². The summed E-state index contributed by atoms with van der Waals surface area (Å²) in [6, 6.07) is 14.7. The molecule has 1 aliphatic rings. The lowest BCUT2D eigenvalue weighted by Gasteiger charge is -2.18. The molecule has 0 fully saturated rings. The van der Waals surface area contributed by atoms with Crippen molar-refractivity contribution in [3.8, 4) is 11.1 Å². The molecule has 0 aliphatic heterocycles. The lowest BCUT2D eigenvalue weighted by atomic mass is 9.88. The highest BCUT2D eigenvalue weighted by molar-refractivity contribution is 7.17. The average molecular weight is 573 g/mol. The number of aromatic nitrogens is 1. The summed E-state index contributed by atoms with van der Waals surface area (Å²) in [4.78, 5) is 53.6. The minimum Gasteiger partial charge on any atom is -0.462 e. The molecule has 0 spiro atoms. The predicted octanol–water partition coefficient (Wildman–Crippen LogP) is 5.67. The monoisotopic (exact) mass is 572 g/mol. The van der Waals surface area contributed by atoms with Crippen LogP contribution in [0.5, 0.6) is 0 Å². The van der Waals surface area contributed by atoms with Gasteiger partial charge in [-0.3, -0.25) is 9.59 Å². The third-order valence-electron chi connectivity index (χ3n) is 7.42. The summed E-state index contributed by atoms with van der Waals surface area (Å²) in [6.45, 7) is 5.50. The molecule has 1 N–H and O–H groups in total. The number of esters is 2. The number of ether oxygens (including phenoxy) is 2. The molecule has 9 heteroatoms. The van der Waals surface area contributed by atoms with Crippen LogP contribution in [0.25, 0.3) is 21.9 Å². The molecule has 2 aromatic carbocycles. The lowest BCUT2D eigenvalue weighted by Crippen LogP contribution is -2.28. The van der Waals surface area contributed by atoms with Gasteiger partial charge in [0.15, 0.2) is 6.61 Å². The van der Waals surface area contributed by atoms with Crippen LogP contribution in [0, 0.1) is 12.8 Å². The first-order valence-electron chi connectivity index (χ1n) is 13.7. The second-order valence-electron chi connectivity index (χ2n) is 10.4. The van der Waals surface area contributed by atoms with Crippen molar-refractivity contribution in [3.63, 3.8) is 0 Å². The van der Waals surface area contributed by atoms with Crippen molar-refractivity contribution in [1.82, 2.24) is 4.57 Å². The summed E-state index contributed by atoms with van der Waals surface area (Å²) < 4.78 is 12.0. The van der Waals surface area contributed by atoms with Gasteiger partial charge in [-0.15, -0.1) is 11.3 Å². The zero-order valence-electron chi connectivity index (χ0n) is 23.5. The van der Waals surface area contributed by atoms with Crippen LogP contribution in [0.3, 0.4) is 0 Å². The van der Waals surface area contributed by atoms with Gasteiger partial charge < -0.3 is 19.4 Å². The molecule has 2 heterocycles. The molecule has 1 amide bonds. The van der Waals surface area contributed by atoms with E-state index in [0.29, 0.717) is 32.8 Å². The van der Waals surface area contributed by atoms with Crippen LogP contribution in [0.1, 0.15) is 57.1 Å². The molecule has 5 rings (SSSR count). The van der Waals surface area contributed by atoms with Gasteiger partial charge in [-0.05, 0) is 61.6 Å². The van der Waals surface area contributed by atoms with E-state index in [-0.39, 0.29) is 17.9 Å². The fraction of sp³-hybridized carbons (Fsp3) is 0.312. The van der Waals surface area contributed by atoms with Crippen LogP contribution >= 0.6 is 11.3 Å². The fourth-order valence-corrected chi connectivity index (χ4v) is 6.75. The summed E-state index contributed by atoms with van der Waals surface area (Å²) in [5.74, 6) is -1.37. The Bertz CT molecular complexity index is 1720. The standard InChI is InChI=1S/C32H32N2O6S/c1-5-39-31(37)27-23-15-12-19(3)16-24(23)41-29(27)33-25(35)17-40-32(38)28-26(20-13-10-18(2)11-14-20)21-8-6-7-9-22(21)30(36)34(28)4/h6-11,13-14,19H,5,12,15-17H2,1-4H3,(H,33,35). The SMILES string of the molecule is CCOC(=O)c1c(NC(=O)COC(=O)c2c(-c3ccc(C)cc3)c3ccccc3c(=O)n2C)sc2c1CCC(C)C2. The largest absolute Gasteiger partial charge is 0.462 e. The third kappa shape index (κ3) is 5.54. The molecule has 4 aromatic rings. The zero-order chi connectivity index (χ0) is 29.3. The van der Waals surface area contributed by atoms with E-state index < -0.39 is 24.5 Å². The van der Waals surface area contributed by atoms with Gasteiger partial charge in [0.2, 0.25) is 0 Å². The van der Waals surface area contributed by atoms with Crippen molar-refractivity contribution in [2.75, 3.05) is 18.5 Å². The summed E-state index contributed by atoms with van der Waals surface area (Å²) >= 11 is 1.37. The number of hydrogen-bond donors (Lipinski definition) is 1. The maximum absolute atomic E-state index is 13.5. The van der Waals surface area contributed by atoms with Crippen molar-refractivity contribution in [2.24, 2.45) is 13.0 Å². The predicted molar refractivity (Wildman–Crippen MR) is 160 cm³/mol. The molecule has 0 radical (unpaired) electrons. The Morgan fingerprint density at radius 2 is 1.73 bits per heavy atom.